The van der Waals surface area contributed by atoms with E-state index in [0.29, 0.717) is 17.8 Å². The summed E-state index contributed by atoms with van der Waals surface area (Å²) < 4.78 is 1.51. The van der Waals surface area contributed by atoms with Crippen LogP contribution >= 0.6 is 0 Å². The van der Waals surface area contributed by atoms with E-state index in [1.165, 1.54) is 23.9 Å². The summed E-state index contributed by atoms with van der Waals surface area (Å²) in [4.78, 5) is 12.8. The van der Waals surface area contributed by atoms with Gasteiger partial charge in [-0.15, -0.1) is 5.10 Å². The van der Waals surface area contributed by atoms with Gasteiger partial charge in [0.1, 0.15) is 6.33 Å². The Balaban J connectivity index is 1.48. The van der Waals surface area contributed by atoms with Crippen molar-refractivity contribution >= 4 is 5.91 Å². The number of nitrogens with zero attached hydrogens (tertiary/aromatic N) is 4. The second kappa shape index (κ2) is 5.95. The van der Waals surface area contributed by atoms with Gasteiger partial charge >= 0.3 is 0 Å². The van der Waals surface area contributed by atoms with Crippen molar-refractivity contribution in [2.45, 2.75) is 18.9 Å². The molecule has 1 amide bonds. The van der Waals surface area contributed by atoms with Crippen molar-refractivity contribution in [3.63, 3.8) is 0 Å². The highest BCUT2D eigenvalue weighted by atomic mass is 16.2. The third-order valence-electron chi connectivity index (χ3n) is 4.95. The van der Waals surface area contributed by atoms with Crippen LogP contribution in [0.3, 0.4) is 0 Å². The van der Waals surface area contributed by atoms with E-state index in [2.05, 4.69) is 33.0 Å². The Labute approximate surface area is 134 Å². The first-order valence-electron chi connectivity index (χ1n) is 8.04. The molecular weight excluding hydrogens is 290 g/mol. The van der Waals surface area contributed by atoms with E-state index in [1.54, 1.807) is 0 Å². The predicted octanol–water partition coefficient (Wildman–Crippen LogP) is 1.59. The molecule has 6 nitrogen and oxygen atoms in total. The molecule has 2 aromatic rings. The minimum atomic E-state index is -0.527. The van der Waals surface area contributed by atoms with Crippen molar-refractivity contribution in [1.29, 1.82) is 0 Å². The Hall–Kier alpha value is -2.50. The smallest absolute Gasteiger partial charge is 0.249 e. The van der Waals surface area contributed by atoms with Crippen LogP contribution < -0.4 is 5.32 Å². The number of hydrogen-bond donors (Lipinski definition) is 1. The Morgan fingerprint density at radius 1 is 1.26 bits per heavy atom. The van der Waals surface area contributed by atoms with Crippen LogP contribution in [0.2, 0.25) is 0 Å². The molecule has 2 aliphatic carbocycles. The quantitative estimate of drug-likeness (QED) is 0.851. The van der Waals surface area contributed by atoms with Crippen molar-refractivity contribution in [2.24, 2.45) is 17.8 Å². The molecule has 23 heavy (non-hydrogen) atoms. The van der Waals surface area contributed by atoms with Crippen LogP contribution in [-0.4, -0.2) is 32.7 Å². The monoisotopic (exact) mass is 309 g/mol. The van der Waals surface area contributed by atoms with Crippen molar-refractivity contribution in [1.82, 2.24) is 25.5 Å². The molecule has 0 saturated heterocycles. The van der Waals surface area contributed by atoms with Gasteiger partial charge in [-0.1, -0.05) is 42.5 Å². The van der Waals surface area contributed by atoms with Gasteiger partial charge in [0.2, 0.25) is 5.91 Å². The molecule has 1 aromatic heterocycles. The normalized spacial score (nSPS) is 26.3. The van der Waals surface area contributed by atoms with Gasteiger partial charge in [-0.3, -0.25) is 4.79 Å². The Morgan fingerprint density at radius 2 is 2.13 bits per heavy atom. The summed E-state index contributed by atoms with van der Waals surface area (Å²) in [6.45, 7) is 0.718. The van der Waals surface area contributed by atoms with E-state index in [-0.39, 0.29) is 5.91 Å². The molecular formula is C17H19N5O. The lowest BCUT2D eigenvalue weighted by Crippen LogP contribution is -2.37. The van der Waals surface area contributed by atoms with E-state index in [1.807, 2.05) is 30.3 Å². The van der Waals surface area contributed by atoms with Crippen LogP contribution in [0.25, 0.3) is 0 Å². The zero-order valence-corrected chi connectivity index (χ0v) is 12.7. The second-order valence-electron chi connectivity index (χ2n) is 6.39. The number of amides is 1. The molecule has 1 aromatic carbocycles. The summed E-state index contributed by atoms with van der Waals surface area (Å²) >= 11 is 0. The van der Waals surface area contributed by atoms with Crippen molar-refractivity contribution in [2.75, 3.05) is 6.54 Å². The topological polar surface area (TPSA) is 72.7 Å². The minimum Gasteiger partial charge on any atom is -0.354 e. The Bertz CT molecular complexity index is 697. The molecule has 1 heterocycles. The third kappa shape index (κ3) is 2.76. The van der Waals surface area contributed by atoms with Crippen LogP contribution in [0.5, 0.6) is 0 Å². The SMILES string of the molecule is O=C(NCC1CC2C=CC1C2)C(c1ccccc1)n1cnnn1. The molecule has 6 heteroatoms. The number of allylic oxidation sites excluding steroid dienone is 2. The number of rotatable bonds is 5. The van der Waals surface area contributed by atoms with Gasteiger partial charge in [0.15, 0.2) is 6.04 Å². The standard InChI is InChI=1S/C17H19N5O/c23-17(18-10-15-9-12-6-7-14(15)8-12)16(22-11-19-20-21-22)13-4-2-1-3-5-13/h1-7,11-12,14-16H,8-10H2,(H,18,23). The summed E-state index contributed by atoms with van der Waals surface area (Å²) in [6.07, 6.45) is 8.54. The number of carbonyl (C=O) groups excluding carboxylic acids is 1. The maximum absolute atomic E-state index is 12.8. The van der Waals surface area contributed by atoms with Gasteiger partial charge < -0.3 is 5.32 Å². The van der Waals surface area contributed by atoms with E-state index in [4.69, 9.17) is 0 Å². The van der Waals surface area contributed by atoms with Gasteiger partial charge in [-0.25, -0.2) is 4.68 Å². The summed E-state index contributed by atoms with van der Waals surface area (Å²) in [5, 5.41) is 14.3. The lowest BCUT2D eigenvalue weighted by atomic mass is 9.93. The second-order valence-corrected chi connectivity index (χ2v) is 6.39. The molecule has 4 rings (SSSR count). The number of carbonyl (C=O) groups is 1. The number of nitrogens with one attached hydrogen (secondary N) is 1. The zero-order valence-electron chi connectivity index (χ0n) is 12.7. The van der Waals surface area contributed by atoms with Crippen LogP contribution in [0.1, 0.15) is 24.4 Å². The Kier molecular flexibility index (Phi) is 3.65. The molecule has 118 valence electrons. The van der Waals surface area contributed by atoms with Crippen LogP contribution in [0, 0.1) is 17.8 Å². The predicted molar refractivity (Wildman–Crippen MR) is 84.3 cm³/mol. The molecule has 2 aliphatic rings. The summed E-state index contributed by atoms with van der Waals surface area (Å²) in [7, 11) is 0. The lowest BCUT2D eigenvalue weighted by Gasteiger charge is -2.21. The lowest BCUT2D eigenvalue weighted by molar-refractivity contribution is -0.123. The number of fused-ring (bicyclic) bond motifs is 2. The summed E-state index contributed by atoms with van der Waals surface area (Å²) in [6, 6.07) is 9.08. The molecule has 0 aliphatic heterocycles. The van der Waals surface area contributed by atoms with Gasteiger partial charge in [0, 0.05) is 6.54 Å². The van der Waals surface area contributed by atoms with Gasteiger partial charge in [0.25, 0.3) is 0 Å². The minimum absolute atomic E-state index is 0.0600. The largest absolute Gasteiger partial charge is 0.354 e. The highest BCUT2D eigenvalue weighted by molar-refractivity contribution is 5.83. The van der Waals surface area contributed by atoms with Gasteiger partial charge in [0.05, 0.1) is 0 Å². The molecule has 1 fully saturated rings. The van der Waals surface area contributed by atoms with E-state index in [9.17, 15) is 4.79 Å². The molecule has 2 bridgehead atoms. The van der Waals surface area contributed by atoms with E-state index in [0.717, 1.165) is 12.1 Å². The highest BCUT2D eigenvalue weighted by Gasteiger charge is 2.36. The summed E-state index contributed by atoms with van der Waals surface area (Å²) in [5.74, 6) is 1.84. The number of aromatic nitrogens is 4. The van der Waals surface area contributed by atoms with E-state index < -0.39 is 6.04 Å². The summed E-state index contributed by atoms with van der Waals surface area (Å²) in [5.41, 5.74) is 0.880. The van der Waals surface area contributed by atoms with E-state index >= 15 is 0 Å². The molecule has 0 radical (unpaired) electrons. The maximum Gasteiger partial charge on any atom is 0.249 e. The highest BCUT2D eigenvalue weighted by Crippen LogP contribution is 2.43. The van der Waals surface area contributed by atoms with Crippen molar-refractivity contribution in [3.8, 4) is 0 Å². The molecule has 1 saturated carbocycles. The molecule has 0 spiro atoms. The van der Waals surface area contributed by atoms with Crippen molar-refractivity contribution in [3.05, 3.63) is 54.4 Å². The molecule has 1 N–H and O–H groups in total. The first-order chi connectivity index (χ1) is 11.3. The first kappa shape index (κ1) is 14.1. The maximum atomic E-state index is 12.8. The van der Waals surface area contributed by atoms with Crippen LogP contribution in [0.15, 0.2) is 48.8 Å². The fourth-order valence-corrected chi connectivity index (χ4v) is 3.80. The fraction of sp³-hybridized carbons (Fsp3) is 0.412. The first-order valence-corrected chi connectivity index (χ1v) is 8.04. The zero-order chi connectivity index (χ0) is 15.6. The van der Waals surface area contributed by atoms with Crippen molar-refractivity contribution < 1.29 is 4.79 Å². The number of benzene rings is 1. The van der Waals surface area contributed by atoms with Gasteiger partial charge in [-0.2, -0.15) is 0 Å². The number of hydrogen-bond acceptors (Lipinski definition) is 4. The van der Waals surface area contributed by atoms with Gasteiger partial charge in [-0.05, 0) is 46.6 Å². The average molecular weight is 309 g/mol. The Morgan fingerprint density at radius 3 is 2.78 bits per heavy atom. The average Bonchev–Trinajstić information content (AvgIpc) is 3.32. The molecule has 4 atom stereocenters. The van der Waals surface area contributed by atoms with Crippen LogP contribution in [-0.2, 0) is 4.79 Å². The fourth-order valence-electron chi connectivity index (χ4n) is 3.80. The third-order valence-corrected chi connectivity index (χ3v) is 4.95. The van der Waals surface area contributed by atoms with Crippen LogP contribution in [0.4, 0.5) is 0 Å². The molecule has 4 unspecified atom stereocenters. The number of tetrazole rings is 1.